The first kappa shape index (κ1) is 22.7. The third-order valence-corrected chi connectivity index (χ3v) is 7.00. The summed E-state index contributed by atoms with van der Waals surface area (Å²) in [4.78, 5) is 19.2. The Morgan fingerprint density at radius 1 is 1.16 bits per heavy atom. The molecule has 3 aromatic rings. The van der Waals surface area contributed by atoms with E-state index in [1.807, 2.05) is 31.2 Å². The third-order valence-electron chi connectivity index (χ3n) is 5.55. The van der Waals surface area contributed by atoms with Gasteiger partial charge in [-0.15, -0.1) is 21.5 Å². The maximum absolute atomic E-state index is 12.9. The van der Waals surface area contributed by atoms with Crippen LogP contribution in [0.15, 0.2) is 29.3 Å². The fraction of sp³-hybridized carbons (Fsp3) is 0.417. The first-order chi connectivity index (χ1) is 15.0. The minimum atomic E-state index is -0.443. The summed E-state index contributed by atoms with van der Waals surface area (Å²) < 4.78 is 2.06. The van der Waals surface area contributed by atoms with E-state index < -0.39 is 6.04 Å². The van der Waals surface area contributed by atoms with Crippen LogP contribution in [0, 0.1) is 26.2 Å². The second-order valence-electron chi connectivity index (χ2n) is 9.45. The summed E-state index contributed by atoms with van der Waals surface area (Å²) in [7, 11) is 0. The number of nitrogens with one attached hydrogen (secondary N) is 1. The van der Waals surface area contributed by atoms with E-state index >= 15 is 0 Å². The number of aryl methyl sites for hydroxylation is 2. The van der Waals surface area contributed by atoms with Crippen LogP contribution in [0.3, 0.4) is 0 Å². The molecular formula is C24H28ClN5OS. The molecule has 0 spiro atoms. The van der Waals surface area contributed by atoms with Gasteiger partial charge in [0.2, 0.25) is 5.91 Å². The normalized spacial score (nSPS) is 15.6. The SMILES string of the molecule is Cc1sc2c(c1C)C(c1ccc(Cl)cc1)=N[C@H](CC(=O)NCC(C)(C)C)c1nnc(C)n1-2. The van der Waals surface area contributed by atoms with Crippen LogP contribution < -0.4 is 5.32 Å². The Balaban J connectivity index is 1.84. The molecule has 4 rings (SSSR count). The van der Waals surface area contributed by atoms with Gasteiger partial charge in [-0.3, -0.25) is 14.4 Å². The van der Waals surface area contributed by atoms with E-state index in [1.54, 1.807) is 11.3 Å². The maximum Gasteiger partial charge on any atom is 0.222 e. The van der Waals surface area contributed by atoms with Crippen molar-refractivity contribution in [1.82, 2.24) is 20.1 Å². The summed E-state index contributed by atoms with van der Waals surface area (Å²) in [6.45, 7) is 13.1. The Labute approximate surface area is 197 Å². The second-order valence-corrected chi connectivity index (χ2v) is 11.1. The molecule has 1 aliphatic heterocycles. The molecule has 0 fully saturated rings. The number of fused-ring (bicyclic) bond motifs is 3. The zero-order chi connectivity index (χ0) is 23.2. The standard InChI is InChI=1S/C24H28ClN5OS/c1-13-14(2)32-23-20(13)21(16-7-9-17(25)10-8-16)27-18(22-29-28-15(3)30(22)23)11-19(31)26-12-24(4,5)6/h7-10,18H,11-12H2,1-6H3,(H,26,31)/t18-/m1/s1. The molecule has 0 saturated heterocycles. The Kier molecular flexibility index (Phi) is 5.98. The molecule has 6 nitrogen and oxygen atoms in total. The number of benzene rings is 1. The molecule has 1 aromatic carbocycles. The lowest BCUT2D eigenvalue weighted by Gasteiger charge is -2.19. The van der Waals surface area contributed by atoms with Crippen molar-refractivity contribution in [3.8, 4) is 5.00 Å². The molecule has 168 valence electrons. The number of halogens is 1. The molecule has 3 heterocycles. The first-order valence-electron chi connectivity index (χ1n) is 10.7. The van der Waals surface area contributed by atoms with E-state index in [0.717, 1.165) is 27.7 Å². The number of carbonyl (C=O) groups is 1. The van der Waals surface area contributed by atoms with Crippen molar-refractivity contribution < 1.29 is 4.79 Å². The fourth-order valence-electron chi connectivity index (χ4n) is 3.74. The molecule has 1 N–H and O–H groups in total. The minimum Gasteiger partial charge on any atom is -0.355 e. The van der Waals surface area contributed by atoms with Gasteiger partial charge >= 0.3 is 0 Å². The lowest BCUT2D eigenvalue weighted by Crippen LogP contribution is -2.33. The lowest BCUT2D eigenvalue weighted by atomic mass is 9.97. The summed E-state index contributed by atoms with van der Waals surface area (Å²) in [6.07, 6.45) is 0.207. The van der Waals surface area contributed by atoms with Crippen molar-refractivity contribution in [1.29, 1.82) is 0 Å². The van der Waals surface area contributed by atoms with Crippen LogP contribution >= 0.6 is 22.9 Å². The zero-order valence-corrected chi connectivity index (χ0v) is 20.9. The van der Waals surface area contributed by atoms with E-state index in [2.05, 4.69) is 54.7 Å². The van der Waals surface area contributed by atoms with Gasteiger partial charge in [-0.1, -0.05) is 44.5 Å². The van der Waals surface area contributed by atoms with Crippen LogP contribution in [0.5, 0.6) is 0 Å². The number of hydrogen-bond acceptors (Lipinski definition) is 5. The van der Waals surface area contributed by atoms with Crippen molar-refractivity contribution in [2.45, 2.75) is 54.0 Å². The molecule has 0 saturated carbocycles. The van der Waals surface area contributed by atoms with Crippen LogP contribution in [0.1, 0.15) is 66.5 Å². The van der Waals surface area contributed by atoms with Gasteiger partial charge in [0.15, 0.2) is 5.82 Å². The molecule has 1 amide bonds. The van der Waals surface area contributed by atoms with Crippen molar-refractivity contribution >= 4 is 34.6 Å². The van der Waals surface area contributed by atoms with Gasteiger partial charge in [-0.2, -0.15) is 0 Å². The van der Waals surface area contributed by atoms with Gasteiger partial charge in [0.25, 0.3) is 0 Å². The summed E-state index contributed by atoms with van der Waals surface area (Å²) in [5.41, 5.74) is 4.07. The number of rotatable bonds is 4. The Morgan fingerprint density at radius 3 is 2.50 bits per heavy atom. The zero-order valence-electron chi connectivity index (χ0n) is 19.3. The second kappa shape index (κ2) is 8.45. The summed E-state index contributed by atoms with van der Waals surface area (Å²) in [5, 5.41) is 13.5. The van der Waals surface area contributed by atoms with E-state index in [9.17, 15) is 4.79 Å². The maximum atomic E-state index is 12.9. The van der Waals surface area contributed by atoms with Crippen LogP contribution in [0.25, 0.3) is 5.00 Å². The minimum absolute atomic E-state index is 0.00621. The highest BCUT2D eigenvalue weighted by Crippen LogP contribution is 2.39. The van der Waals surface area contributed by atoms with Crippen molar-refractivity contribution in [3.05, 3.63) is 62.5 Å². The van der Waals surface area contributed by atoms with Crippen LogP contribution in [-0.2, 0) is 4.79 Å². The average molecular weight is 470 g/mol. The van der Waals surface area contributed by atoms with Crippen molar-refractivity contribution in [2.24, 2.45) is 10.4 Å². The van der Waals surface area contributed by atoms with Crippen LogP contribution in [-0.4, -0.2) is 32.9 Å². The van der Waals surface area contributed by atoms with Gasteiger partial charge in [-0.05, 0) is 43.9 Å². The van der Waals surface area contributed by atoms with Crippen molar-refractivity contribution in [2.75, 3.05) is 6.54 Å². The molecule has 0 aliphatic carbocycles. The van der Waals surface area contributed by atoms with Gasteiger partial charge in [0, 0.05) is 27.6 Å². The molecule has 0 unspecified atom stereocenters. The molecule has 32 heavy (non-hydrogen) atoms. The largest absolute Gasteiger partial charge is 0.355 e. The Morgan fingerprint density at radius 2 is 1.84 bits per heavy atom. The molecule has 0 radical (unpaired) electrons. The smallest absolute Gasteiger partial charge is 0.222 e. The number of aliphatic imine (C=N–C) groups is 1. The summed E-state index contributed by atoms with van der Waals surface area (Å²) in [6, 6.07) is 7.26. The highest BCUT2D eigenvalue weighted by atomic mass is 35.5. The average Bonchev–Trinajstić information content (AvgIpc) is 3.19. The predicted molar refractivity (Wildman–Crippen MR) is 130 cm³/mol. The Bertz CT molecular complexity index is 1200. The molecule has 1 atom stereocenters. The van der Waals surface area contributed by atoms with Crippen molar-refractivity contribution in [3.63, 3.8) is 0 Å². The molecular weight excluding hydrogens is 442 g/mol. The van der Waals surface area contributed by atoms with Gasteiger partial charge in [0.05, 0.1) is 12.1 Å². The number of amides is 1. The monoisotopic (exact) mass is 469 g/mol. The first-order valence-corrected chi connectivity index (χ1v) is 11.9. The van der Waals surface area contributed by atoms with Gasteiger partial charge in [0.1, 0.15) is 16.9 Å². The predicted octanol–water partition coefficient (Wildman–Crippen LogP) is 5.35. The van der Waals surface area contributed by atoms with E-state index in [1.165, 1.54) is 10.4 Å². The van der Waals surface area contributed by atoms with E-state index in [4.69, 9.17) is 16.6 Å². The van der Waals surface area contributed by atoms with E-state index in [0.29, 0.717) is 17.4 Å². The molecule has 8 heteroatoms. The quantitative estimate of drug-likeness (QED) is 0.559. The van der Waals surface area contributed by atoms with Crippen LogP contribution in [0.4, 0.5) is 0 Å². The molecule has 1 aliphatic rings. The summed E-state index contributed by atoms with van der Waals surface area (Å²) >= 11 is 7.85. The summed E-state index contributed by atoms with van der Waals surface area (Å²) in [5.74, 6) is 1.43. The van der Waals surface area contributed by atoms with Gasteiger partial charge < -0.3 is 5.32 Å². The number of hydrogen-bond donors (Lipinski definition) is 1. The van der Waals surface area contributed by atoms with Crippen LogP contribution in [0.2, 0.25) is 5.02 Å². The molecule has 2 aromatic heterocycles. The highest BCUT2D eigenvalue weighted by Gasteiger charge is 2.32. The topological polar surface area (TPSA) is 72.2 Å². The highest BCUT2D eigenvalue weighted by molar-refractivity contribution is 7.15. The third kappa shape index (κ3) is 4.36. The number of thiophene rings is 1. The van der Waals surface area contributed by atoms with E-state index in [-0.39, 0.29) is 17.7 Å². The Hall–Kier alpha value is -2.51. The van der Waals surface area contributed by atoms with Gasteiger partial charge in [-0.25, -0.2) is 0 Å². The fourth-order valence-corrected chi connectivity index (χ4v) is 5.08. The number of nitrogens with zero attached hydrogens (tertiary/aromatic N) is 4. The number of aromatic nitrogens is 3. The number of carbonyl (C=O) groups excluding carboxylic acids is 1. The lowest BCUT2D eigenvalue weighted by molar-refractivity contribution is -0.121. The molecule has 0 bridgehead atoms.